The highest BCUT2D eigenvalue weighted by Gasteiger charge is 2.30. The van der Waals surface area contributed by atoms with Gasteiger partial charge >= 0.3 is 12.1 Å². The van der Waals surface area contributed by atoms with Gasteiger partial charge in [0, 0.05) is 6.08 Å². The normalized spacial score (nSPS) is 19.0. The molecule has 112 valence electrons. The van der Waals surface area contributed by atoms with Gasteiger partial charge in [-0.3, -0.25) is 0 Å². The number of alkyl carbamates (subject to hydrolysis) is 1. The summed E-state index contributed by atoms with van der Waals surface area (Å²) in [6.45, 7) is 5.37. The Morgan fingerprint density at radius 3 is 2.48 bits per heavy atom. The average Bonchev–Trinajstić information content (AvgIpc) is 2.81. The van der Waals surface area contributed by atoms with E-state index in [2.05, 4.69) is 5.32 Å². The van der Waals surface area contributed by atoms with E-state index in [1.165, 1.54) is 6.08 Å². The Morgan fingerprint density at radius 2 is 1.95 bits per heavy atom. The lowest BCUT2D eigenvalue weighted by Gasteiger charge is -2.26. The minimum atomic E-state index is -0.590. The zero-order valence-corrected chi connectivity index (χ0v) is 12.3. The molecule has 5 nitrogen and oxygen atoms in total. The van der Waals surface area contributed by atoms with E-state index >= 15 is 0 Å². The summed E-state index contributed by atoms with van der Waals surface area (Å²) in [7, 11) is 0. The Hall–Kier alpha value is -2.30. The number of carbonyl (C=O) groups is 2. The van der Waals surface area contributed by atoms with Gasteiger partial charge in [0.1, 0.15) is 11.7 Å². The van der Waals surface area contributed by atoms with Crippen LogP contribution in [0.15, 0.2) is 42.5 Å². The zero-order chi connectivity index (χ0) is 15.5. The lowest BCUT2D eigenvalue weighted by atomic mass is 10.0. The third-order valence-electron chi connectivity index (χ3n) is 2.83. The monoisotopic (exact) mass is 289 g/mol. The van der Waals surface area contributed by atoms with Gasteiger partial charge < -0.3 is 14.8 Å². The number of rotatable bonds is 3. The number of ether oxygens (including phenoxy) is 2. The Bertz CT molecular complexity index is 545. The van der Waals surface area contributed by atoms with Crippen molar-refractivity contribution in [1.29, 1.82) is 0 Å². The van der Waals surface area contributed by atoms with Crippen LogP contribution >= 0.6 is 0 Å². The van der Waals surface area contributed by atoms with Crippen molar-refractivity contribution >= 4 is 12.1 Å². The largest absolute Gasteiger partial charge is 0.452 e. The summed E-state index contributed by atoms with van der Waals surface area (Å²) in [4.78, 5) is 23.2. The summed E-state index contributed by atoms with van der Waals surface area (Å²) in [6.07, 6.45) is 1.91. The van der Waals surface area contributed by atoms with E-state index in [1.807, 2.05) is 30.3 Å². The molecule has 1 aromatic carbocycles. The fourth-order valence-electron chi connectivity index (χ4n) is 2.02. The van der Waals surface area contributed by atoms with Crippen LogP contribution in [-0.2, 0) is 14.3 Å². The highest BCUT2D eigenvalue weighted by molar-refractivity contribution is 5.84. The van der Waals surface area contributed by atoms with Gasteiger partial charge in [-0.1, -0.05) is 30.3 Å². The first kappa shape index (κ1) is 15.1. The third-order valence-corrected chi connectivity index (χ3v) is 2.83. The predicted octanol–water partition coefficient (Wildman–Crippen LogP) is 2.73. The molecule has 1 amide bonds. The van der Waals surface area contributed by atoms with Crippen LogP contribution in [0.5, 0.6) is 0 Å². The van der Waals surface area contributed by atoms with Crippen LogP contribution in [0.4, 0.5) is 4.79 Å². The Kier molecular flexibility index (Phi) is 4.31. The van der Waals surface area contributed by atoms with Crippen molar-refractivity contribution in [2.24, 2.45) is 0 Å². The maximum absolute atomic E-state index is 12.0. The van der Waals surface area contributed by atoms with Crippen LogP contribution in [0.25, 0.3) is 0 Å². The van der Waals surface area contributed by atoms with Gasteiger partial charge in [0.25, 0.3) is 0 Å². The van der Waals surface area contributed by atoms with Crippen LogP contribution in [0.3, 0.4) is 0 Å². The molecule has 1 N–H and O–H groups in total. The molecule has 0 radical (unpaired) electrons. The number of carbonyl (C=O) groups excluding carboxylic acids is 2. The summed E-state index contributed by atoms with van der Waals surface area (Å²) in [5, 5.41) is 2.76. The summed E-state index contributed by atoms with van der Waals surface area (Å²) in [5.41, 5.74) is 0.251. The molecule has 1 heterocycles. The van der Waals surface area contributed by atoms with Crippen LogP contribution < -0.4 is 5.32 Å². The maximum Gasteiger partial charge on any atom is 0.408 e. The summed E-state index contributed by atoms with van der Waals surface area (Å²) in [6, 6.07) is 8.84. The Labute approximate surface area is 123 Å². The first-order valence-corrected chi connectivity index (χ1v) is 6.78. The lowest BCUT2D eigenvalue weighted by molar-refractivity contribution is -0.139. The maximum atomic E-state index is 12.0. The molecule has 0 saturated carbocycles. The van der Waals surface area contributed by atoms with Gasteiger partial charge in [-0.05, 0) is 32.4 Å². The van der Waals surface area contributed by atoms with E-state index in [0.717, 1.165) is 5.56 Å². The molecular formula is C16H19NO4. The van der Waals surface area contributed by atoms with Gasteiger partial charge in [0.2, 0.25) is 0 Å². The van der Waals surface area contributed by atoms with E-state index in [0.29, 0.717) is 0 Å². The minimum absolute atomic E-state index is 0.410. The molecule has 0 aromatic heterocycles. The van der Waals surface area contributed by atoms with Crippen molar-refractivity contribution in [1.82, 2.24) is 5.32 Å². The molecule has 5 heteroatoms. The van der Waals surface area contributed by atoms with E-state index in [1.54, 1.807) is 26.8 Å². The summed E-state index contributed by atoms with van der Waals surface area (Å²) in [5.74, 6) is -0.410. The fourth-order valence-corrected chi connectivity index (χ4v) is 2.02. The predicted molar refractivity (Wildman–Crippen MR) is 77.6 cm³/mol. The van der Waals surface area contributed by atoms with Crippen molar-refractivity contribution in [3.8, 4) is 0 Å². The van der Waals surface area contributed by atoms with Crippen LogP contribution in [0.1, 0.15) is 32.4 Å². The number of nitrogens with one attached hydrogen (secondary N) is 1. The second kappa shape index (κ2) is 5.99. The zero-order valence-electron chi connectivity index (χ0n) is 12.3. The van der Waals surface area contributed by atoms with E-state index < -0.39 is 29.8 Å². The first-order chi connectivity index (χ1) is 9.85. The molecule has 0 spiro atoms. The van der Waals surface area contributed by atoms with E-state index in [-0.39, 0.29) is 0 Å². The molecular weight excluding hydrogens is 270 g/mol. The highest BCUT2D eigenvalue weighted by Crippen LogP contribution is 2.24. The summed E-state index contributed by atoms with van der Waals surface area (Å²) >= 11 is 0. The van der Waals surface area contributed by atoms with Crippen molar-refractivity contribution in [3.63, 3.8) is 0 Å². The van der Waals surface area contributed by atoms with Crippen LogP contribution in [0, 0.1) is 0 Å². The lowest BCUT2D eigenvalue weighted by Crippen LogP contribution is -2.39. The molecule has 0 bridgehead atoms. The third kappa shape index (κ3) is 4.34. The standard InChI is InChI=1S/C16H19NO4/c1-16(2,3)21-15(19)17-14(11-7-5-4-6-8-11)12-9-10-13(18)20-12/h4-10,12,14H,1-3H3,(H,17,19)/t12?,14-/m1/s1. The fraction of sp³-hybridized carbons (Fsp3) is 0.375. The summed E-state index contributed by atoms with van der Waals surface area (Å²) < 4.78 is 10.5. The van der Waals surface area contributed by atoms with Crippen molar-refractivity contribution < 1.29 is 19.1 Å². The Morgan fingerprint density at radius 1 is 1.29 bits per heavy atom. The molecule has 21 heavy (non-hydrogen) atoms. The van der Waals surface area contributed by atoms with Crippen molar-refractivity contribution in [2.45, 2.75) is 38.5 Å². The van der Waals surface area contributed by atoms with Gasteiger partial charge in [0.05, 0.1) is 6.04 Å². The van der Waals surface area contributed by atoms with Gasteiger partial charge in [-0.15, -0.1) is 0 Å². The SMILES string of the molecule is CC(C)(C)OC(=O)N[C@H](c1ccccc1)C1C=CC(=O)O1. The first-order valence-electron chi connectivity index (χ1n) is 6.78. The molecule has 0 saturated heterocycles. The van der Waals surface area contributed by atoms with Gasteiger partial charge in [-0.25, -0.2) is 9.59 Å². The molecule has 2 rings (SSSR count). The number of hydrogen-bond donors (Lipinski definition) is 1. The number of esters is 1. The molecule has 1 aliphatic rings. The number of benzene rings is 1. The quantitative estimate of drug-likeness (QED) is 0.869. The van der Waals surface area contributed by atoms with Crippen molar-refractivity contribution in [2.75, 3.05) is 0 Å². The molecule has 1 aromatic rings. The highest BCUT2D eigenvalue weighted by atomic mass is 16.6. The molecule has 0 fully saturated rings. The molecule has 0 aliphatic carbocycles. The van der Waals surface area contributed by atoms with E-state index in [9.17, 15) is 9.59 Å². The smallest absolute Gasteiger partial charge is 0.408 e. The van der Waals surface area contributed by atoms with Gasteiger partial charge in [0.15, 0.2) is 0 Å². The molecule has 1 unspecified atom stereocenters. The van der Waals surface area contributed by atoms with Crippen LogP contribution in [0.2, 0.25) is 0 Å². The van der Waals surface area contributed by atoms with Crippen molar-refractivity contribution in [3.05, 3.63) is 48.0 Å². The average molecular weight is 289 g/mol. The van der Waals surface area contributed by atoms with Gasteiger partial charge in [-0.2, -0.15) is 0 Å². The number of cyclic esters (lactones) is 1. The minimum Gasteiger partial charge on any atom is -0.452 e. The molecule has 1 aliphatic heterocycles. The second-order valence-electron chi connectivity index (χ2n) is 5.80. The second-order valence-corrected chi connectivity index (χ2v) is 5.80. The Balaban J connectivity index is 2.15. The van der Waals surface area contributed by atoms with Crippen LogP contribution in [-0.4, -0.2) is 23.8 Å². The number of hydrogen-bond acceptors (Lipinski definition) is 4. The van der Waals surface area contributed by atoms with E-state index in [4.69, 9.17) is 9.47 Å². The number of amides is 1. The molecule has 2 atom stereocenters. The topological polar surface area (TPSA) is 64.6 Å².